The van der Waals surface area contributed by atoms with E-state index in [9.17, 15) is 5.26 Å². The molecule has 3 nitrogen and oxygen atoms in total. The van der Waals surface area contributed by atoms with Gasteiger partial charge in [0.1, 0.15) is 11.3 Å². The molecule has 0 spiro atoms. The van der Waals surface area contributed by atoms with Gasteiger partial charge in [-0.25, -0.2) is 0 Å². The van der Waals surface area contributed by atoms with Crippen LogP contribution in [0.3, 0.4) is 0 Å². The zero-order valence-corrected chi connectivity index (χ0v) is 13.4. The van der Waals surface area contributed by atoms with E-state index in [2.05, 4.69) is 44.3 Å². The normalized spacial score (nSPS) is 17.0. The maximum absolute atomic E-state index is 9.48. The fraction of sp³-hybridized carbons (Fsp3) is 0.611. The zero-order valence-electron chi connectivity index (χ0n) is 13.4. The predicted octanol–water partition coefficient (Wildman–Crippen LogP) is 3.89. The Kier molecular flexibility index (Phi) is 5.25. The van der Waals surface area contributed by atoms with Crippen LogP contribution in [0.1, 0.15) is 50.2 Å². The smallest absolute Gasteiger partial charge is 0.119 e. The third-order valence-electron chi connectivity index (χ3n) is 4.37. The Labute approximate surface area is 128 Å². The summed E-state index contributed by atoms with van der Waals surface area (Å²) < 4.78 is 5.81. The minimum atomic E-state index is -0.367. The first-order valence-corrected chi connectivity index (χ1v) is 7.97. The van der Waals surface area contributed by atoms with Crippen molar-refractivity contribution in [1.82, 2.24) is 5.32 Å². The number of hydrogen-bond acceptors (Lipinski definition) is 3. The molecule has 1 fully saturated rings. The Morgan fingerprint density at radius 3 is 2.67 bits per heavy atom. The van der Waals surface area contributed by atoms with Gasteiger partial charge in [0.15, 0.2) is 0 Å². The molecule has 1 aromatic carbocycles. The monoisotopic (exact) mass is 286 g/mol. The minimum Gasteiger partial charge on any atom is -0.494 e. The number of aryl methyl sites for hydroxylation is 2. The van der Waals surface area contributed by atoms with E-state index in [-0.39, 0.29) is 5.54 Å². The van der Waals surface area contributed by atoms with E-state index in [0.717, 1.165) is 25.0 Å². The molecule has 1 N–H and O–H groups in total. The van der Waals surface area contributed by atoms with Gasteiger partial charge in [-0.2, -0.15) is 5.26 Å². The molecule has 1 unspecified atom stereocenters. The van der Waals surface area contributed by atoms with Crippen molar-refractivity contribution in [3.63, 3.8) is 0 Å². The third-order valence-corrected chi connectivity index (χ3v) is 4.37. The van der Waals surface area contributed by atoms with Gasteiger partial charge >= 0.3 is 0 Å². The van der Waals surface area contributed by atoms with Crippen LogP contribution in [0, 0.1) is 25.2 Å². The number of rotatable bonds is 8. The average Bonchev–Trinajstić information content (AvgIpc) is 3.30. The van der Waals surface area contributed by atoms with Crippen LogP contribution < -0.4 is 10.1 Å². The molecule has 1 saturated carbocycles. The Balaban J connectivity index is 1.79. The molecule has 0 amide bonds. The van der Waals surface area contributed by atoms with Crippen LogP contribution in [0.4, 0.5) is 0 Å². The Morgan fingerprint density at radius 1 is 1.33 bits per heavy atom. The number of nitriles is 1. The Morgan fingerprint density at radius 2 is 2.10 bits per heavy atom. The van der Waals surface area contributed by atoms with Gasteiger partial charge in [-0.1, -0.05) is 13.0 Å². The van der Waals surface area contributed by atoms with Crippen LogP contribution in [0.5, 0.6) is 5.75 Å². The van der Waals surface area contributed by atoms with E-state index in [1.54, 1.807) is 0 Å². The van der Waals surface area contributed by atoms with Gasteiger partial charge in [0.05, 0.1) is 12.7 Å². The summed E-state index contributed by atoms with van der Waals surface area (Å²) in [6, 6.07) is 9.23. The highest BCUT2D eigenvalue weighted by Crippen LogP contribution is 2.26. The molecular weight excluding hydrogens is 260 g/mol. The number of nitrogens with one attached hydrogen (secondary N) is 1. The highest BCUT2D eigenvalue weighted by atomic mass is 16.5. The first-order chi connectivity index (χ1) is 10.1. The molecule has 0 saturated heterocycles. The number of hydrogen-bond donors (Lipinski definition) is 1. The van der Waals surface area contributed by atoms with E-state index < -0.39 is 0 Å². The summed E-state index contributed by atoms with van der Waals surface area (Å²) in [4.78, 5) is 0. The number of benzene rings is 1. The molecule has 1 aliphatic rings. The molecule has 2 rings (SSSR count). The molecule has 0 aliphatic heterocycles. The molecule has 1 aliphatic carbocycles. The molecule has 0 aromatic heterocycles. The third kappa shape index (κ3) is 4.47. The highest BCUT2D eigenvalue weighted by Gasteiger charge is 2.34. The summed E-state index contributed by atoms with van der Waals surface area (Å²) in [6.07, 6.45) is 5.02. The summed E-state index contributed by atoms with van der Waals surface area (Å²) in [7, 11) is 0. The van der Waals surface area contributed by atoms with Crippen molar-refractivity contribution in [2.75, 3.05) is 6.61 Å². The molecule has 21 heavy (non-hydrogen) atoms. The largest absolute Gasteiger partial charge is 0.494 e. The van der Waals surface area contributed by atoms with Crippen LogP contribution in [0.2, 0.25) is 0 Å². The van der Waals surface area contributed by atoms with Crippen molar-refractivity contribution in [3.8, 4) is 11.8 Å². The quantitative estimate of drug-likeness (QED) is 0.737. The molecule has 1 atom stereocenters. The minimum absolute atomic E-state index is 0.367. The molecule has 0 heterocycles. The van der Waals surface area contributed by atoms with E-state index in [1.165, 1.54) is 24.0 Å². The lowest BCUT2D eigenvalue weighted by atomic mass is 9.92. The van der Waals surface area contributed by atoms with Crippen molar-refractivity contribution in [1.29, 1.82) is 5.26 Å². The van der Waals surface area contributed by atoms with Crippen LogP contribution in [0.15, 0.2) is 18.2 Å². The lowest BCUT2D eigenvalue weighted by molar-refractivity contribution is 0.275. The van der Waals surface area contributed by atoms with Crippen molar-refractivity contribution in [2.24, 2.45) is 0 Å². The van der Waals surface area contributed by atoms with Gasteiger partial charge in [0, 0.05) is 6.04 Å². The first kappa shape index (κ1) is 15.9. The second-order valence-corrected chi connectivity index (χ2v) is 6.16. The van der Waals surface area contributed by atoms with Gasteiger partial charge in [0.25, 0.3) is 0 Å². The SMILES string of the molecule is CCC(C#N)(CCCOc1ccc(C)c(C)c1)NC1CC1. The fourth-order valence-corrected chi connectivity index (χ4v) is 2.50. The Hall–Kier alpha value is -1.53. The van der Waals surface area contributed by atoms with E-state index >= 15 is 0 Å². The zero-order chi connectivity index (χ0) is 15.3. The standard InChI is InChI=1S/C18H26N2O/c1-4-18(13-19,20-16-7-8-16)10-5-11-21-17-9-6-14(2)15(3)12-17/h6,9,12,16,20H,4-5,7-8,10-11H2,1-3H3. The van der Waals surface area contributed by atoms with Crippen LogP contribution in [0.25, 0.3) is 0 Å². The van der Waals surface area contributed by atoms with Gasteiger partial charge < -0.3 is 4.74 Å². The fourth-order valence-electron chi connectivity index (χ4n) is 2.50. The summed E-state index contributed by atoms with van der Waals surface area (Å²) in [6.45, 7) is 6.95. The van der Waals surface area contributed by atoms with E-state index in [1.807, 2.05) is 6.07 Å². The average molecular weight is 286 g/mol. The van der Waals surface area contributed by atoms with Crippen molar-refractivity contribution in [3.05, 3.63) is 29.3 Å². The predicted molar refractivity (Wildman–Crippen MR) is 85.4 cm³/mol. The van der Waals surface area contributed by atoms with Crippen LogP contribution >= 0.6 is 0 Å². The molecular formula is C18H26N2O. The van der Waals surface area contributed by atoms with Gasteiger partial charge in [-0.05, 0) is 69.2 Å². The second kappa shape index (κ2) is 6.95. The number of ether oxygens (including phenoxy) is 1. The summed E-state index contributed by atoms with van der Waals surface area (Å²) in [5.74, 6) is 0.923. The number of nitrogens with zero attached hydrogens (tertiary/aromatic N) is 1. The summed E-state index contributed by atoms with van der Waals surface area (Å²) >= 11 is 0. The lowest BCUT2D eigenvalue weighted by Gasteiger charge is -2.26. The second-order valence-electron chi connectivity index (χ2n) is 6.16. The van der Waals surface area contributed by atoms with Crippen LogP contribution in [-0.4, -0.2) is 18.2 Å². The first-order valence-electron chi connectivity index (χ1n) is 7.97. The topological polar surface area (TPSA) is 45.0 Å². The van der Waals surface area contributed by atoms with E-state index in [0.29, 0.717) is 12.6 Å². The molecule has 114 valence electrons. The van der Waals surface area contributed by atoms with Crippen molar-refractivity contribution in [2.45, 2.75) is 64.5 Å². The Bertz CT molecular complexity index is 516. The van der Waals surface area contributed by atoms with Crippen LogP contribution in [-0.2, 0) is 0 Å². The van der Waals surface area contributed by atoms with Gasteiger partial charge in [0.2, 0.25) is 0 Å². The highest BCUT2D eigenvalue weighted by molar-refractivity contribution is 5.33. The maximum Gasteiger partial charge on any atom is 0.119 e. The van der Waals surface area contributed by atoms with Gasteiger partial charge in [-0.3, -0.25) is 5.32 Å². The van der Waals surface area contributed by atoms with Crippen molar-refractivity contribution < 1.29 is 4.74 Å². The molecule has 1 aromatic rings. The molecule has 0 radical (unpaired) electrons. The summed E-state index contributed by atoms with van der Waals surface area (Å²) in [5.41, 5.74) is 2.17. The molecule has 3 heteroatoms. The lowest BCUT2D eigenvalue weighted by Crippen LogP contribution is -2.44. The maximum atomic E-state index is 9.48. The molecule has 0 bridgehead atoms. The summed E-state index contributed by atoms with van der Waals surface area (Å²) in [5, 5.41) is 13.0. The van der Waals surface area contributed by atoms with Gasteiger partial charge in [-0.15, -0.1) is 0 Å². The van der Waals surface area contributed by atoms with Crippen molar-refractivity contribution >= 4 is 0 Å². The van der Waals surface area contributed by atoms with E-state index in [4.69, 9.17) is 4.74 Å².